The summed E-state index contributed by atoms with van der Waals surface area (Å²) in [4.78, 5) is 10.1. The van der Waals surface area contributed by atoms with Crippen molar-refractivity contribution in [2.45, 2.75) is 13.0 Å². The van der Waals surface area contributed by atoms with Gasteiger partial charge in [0, 0.05) is 0 Å². The number of ketones is 1. The summed E-state index contributed by atoms with van der Waals surface area (Å²) < 4.78 is 0. The lowest BCUT2D eigenvalue weighted by molar-refractivity contribution is -0.121. The quantitative estimate of drug-likeness (QED) is 0.492. The van der Waals surface area contributed by atoms with E-state index in [1.54, 1.807) is 0 Å². The number of carbonyl (C=O) groups is 1. The summed E-state index contributed by atoms with van der Waals surface area (Å²) >= 11 is 0. The number of aliphatic hydroxyl groups excluding tert-OH is 1. The highest BCUT2D eigenvalue weighted by Gasteiger charge is 2.00. The van der Waals surface area contributed by atoms with Gasteiger partial charge in [0.15, 0.2) is 5.78 Å². The van der Waals surface area contributed by atoms with Crippen molar-refractivity contribution in [3.63, 3.8) is 0 Å². The number of hydrogen-bond acceptors (Lipinski definition) is 2. The van der Waals surface area contributed by atoms with Crippen LogP contribution in [0, 0.1) is 6.58 Å². The van der Waals surface area contributed by atoms with Gasteiger partial charge in [-0.1, -0.05) is 6.58 Å². The smallest absolute Gasteiger partial charge is 0.183 e. The molecule has 1 unspecified atom stereocenters. The zero-order valence-electron chi connectivity index (χ0n) is 4.09. The zero-order chi connectivity index (χ0) is 5.86. The molecule has 0 aliphatic heterocycles. The van der Waals surface area contributed by atoms with Gasteiger partial charge in [0.1, 0.15) is 6.10 Å². The molecule has 0 saturated carbocycles. The number of aliphatic hydroxyl groups is 1. The molecule has 0 aliphatic rings. The van der Waals surface area contributed by atoms with Crippen molar-refractivity contribution in [2.75, 3.05) is 0 Å². The molecule has 0 aromatic heterocycles. The fraction of sp³-hybridized carbons (Fsp3) is 0.400. The van der Waals surface area contributed by atoms with Gasteiger partial charge in [-0.25, -0.2) is 0 Å². The van der Waals surface area contributed by atoms with Crippen molar-refractivity contribution in [1.82, 2.24) is 0 Å². The molecule has 7 heavy (non-hydrogen) atoms. The van der Waals surface area contributed by atoms with Gasteiger partial charge < -0.3 is 5.11 Å². The minimum atomic E-state index is -0.954. The number of hydrogen-bond donors (Lipinski definition) is 1. The van der Waals surface area contributed by atoms with Crippen LogP contribution in [0.4, 0.5) is 0 Å². The largest absolute Gasteiger partial charge is 0.385 e. The Bertz CT molecular complexity index is 84.1. The van der Waals surface area contributed by atoms with Crippen LogP contribution in [0.15, 0.2) is 6.08 Å². The summed E-state index contributed by atoms with van der Waals surface area (Å²) in [7, 11) is 0. The summed E-state index contributed by atoms with van der Waals surface area (Å²) in [5.74, 6) is -0.444. The zero-order valence-corrected chi connectivity index (χ0v) is 4.09. The SMILES string of the molecule is [CH]=CC(=O)C(C)O. The molecule has 0 heterocycles. The van der Waals surface area contributed by atoms with Gasteiger partial charge in [-0.2, -0.15) is 0 Å². The molecule has 1 radical (unpaired) electrons. The van der Waals surface area contributed by atoms with Crippen molar-refractivity contribution >= 4 is 5.78 Å². The van der Waals surface area contributed by atoms with Crippen molar-refractivity contribution < 1.29 is 9.90 Å². The molecule has 0 bridgehead atoms. The van der Waals surface area contributed by atoms with Crippen LogP contribution < -0.4 is 0 Å². The summed E-state index contributed by atoms with van der Waals surface area (Å²) in [5.41, 5.74) is 0. The molecule has 0 aromatic rings. The van der Waals surface area contributed by atoms with Gasteiger partial charge in [0.2, 0.25) is 0 Å². The van der Waals surface area contributed by atoms with E-state index in [1.807, 2.05) is 0 Å². The topological polar surface area (TPSA) is 37.3 Å². The van der Waals surface area contributed by atoms with Crippen molar-refractivity contribution in [2.24, 2.45) is 0 Å². The summed E-state index contributed by atoms with van der Waals surface area (Å²) in [6, 6.07) is 0. The maximum absolute atomic E-state index is 10.1. The van der Waals surface area contributed by atoms with E-state index >= 15 is 0 Å². The highest BCUT2D eigenvalue weighted by atomic mass is 16.3. The Morgan fingerprint density at radius 1 is 2.00 bits per heavy atom. The highest BCUT2D eigenvalue weighted by molar-refractivity contribution is 5.92. The molecular formula is C5H7O2. The molecular weight excluding hydrogens is 92.1 g/mol. The molecule has 0 rings (SSSR count). The molecule has 1 atom stereocenters. The molecule has 2 heteroatoms. The molecule has 2 nitrogen and oxygen atoms in total. The summed E-state index contributed by atoms with van der Waals surface area (Å²) in [6.07, 6.45) is -0.102. The summed E-state index contributed by atoms with van der Waals surface area (Å²) in [5, 5.41) is 8.36. The molecule has 39 valence electrons. The second kappa shape index (κ2) is 2.53. The lowest BCUT2D eigenvalue weighted by Gasteiger charge is -1.92. The number of rotatable bonds is 2. The van der Waals surface area contributed by atoms with Crippen LogP contribution in [0.25, 0.3) is 0 Å². The molecule has 0 spiro atoms. The Morgan fingerprint density at radius 2 is 2.43 bits per heavy atom. The fourth-order valence-corrected chi connectivity index (χ4v) is 0.139. The minimum Gasteiger partial charge on any atom is -0.385 e. The third kappa shape index (κ3) is 2.11. The van der Waals surface area contributed by atoms with E-state index in [0.717, 1.165) is 6.08 Å². The van der Waals surface area contributed by atoms with E-state index in [1.165, 1.54) is 6.92 Å². The van der Waals surface area contributed by atoms with Crippen LogP contribution in [0.1, 0.15) is 6.92 Å². The van der Waals surface area contributed by atoms with Crippen LogP contribution in [0.2, 0.25) is 0 Å². The predicted octanol–water partition coefficient (Wildman–Crippen LogP) is -0.0745. The highest BCUT2D eigenvalue weighted by Crippen LogP contribution is 1.80. The Balaban J connectivity index is 3.56. The standard InChI is InChI=1S/C5H7O2/c1-3-5(7)4(2)6/h1,3-4,6H,2H3. The molecule has 0 aliphatic carbocycles. The first-order chi connectivity index (χ1) is 3.18. The first kappa shape index (κ1) is 6.37. The van der Waals surface area contributed by atoms with Gasteiger partial charge in [-0.05, 0) is 13.0 Å². The third-order valence-electron chi connectivity index (χ3n) is 0.576. The Labute approximate surface area is 42.5 Å². The van der Waals surface area contributed by atoms with Gasteiger partial charge >= 0.3 is 0 Å². The van der Waals surface area contributed by atoms with Gasteiger partial charge in [-0.15, -0.1) is 0 Å². The van der Waals surface area contributed by atoms with E-state index in [2.05, 4.69) is 0 Å². The average Bonchev–Trinajstić information content (AvgIpc) is 1.65. The van der Waals surface area contributed by atoms with Crippen LogP contribution in [-0.2, 0) is 4.79 Å². The van der Waals surface area contributed by atoms with E-state index in [-0.39, 0.29) is 0 Å². The monoisotopic (exact) mass is 99.0 g/mol. The van der Waals surface area contributed by atoms with Gasteiger partial charge in [0.05, 0.1) is 0 Å². The third-order valence-corrected chi connectivity index (χ3v) is 0.576. The Kier molecular flexibility index (Phi) is 2.30. The second-order valence-corrected chi connectivity index (χ2v) is 1.25. The molecule has 0 fully saturated rings. The van der Waals surface area contributed by atoms with Gasteiger partial charge in [0.25, 0.3) is 0 Å². The van der Waals surface area contributed by atoms with Crippen LogP contribution in [0.3, 0.4) is 0 Å². The van der Waals surface area contributed by atoms with Crippen LogP contribution in [-0.4, -0.2) is 17.0 Å². The predicted molar refractivity (Wildman–Crippen MR) is 25.6 cm³/mol. The number of carbonyl (C=O) groups excluding carboxylic acids is 1. The average molecular weight is 99.1 g/mol. The van der Waals surface area contributed by atoms with Crippen LogP contribution >= 0.6 is 0 Å². The molecule has 0 aromatic carbocycles. The second-order valence-electron chi connectivity index (χ2n) is 1.25. The molecule has 0 amide bonds. The van der Waals surface area contributed by atoms with E-state index in [4.69, 9.17) is 11.7 Å². The van der Waals surface area contributed by atoms with Gasteiger partial charge in [-0.3, -0.25) is 4.79 Å². The van der Waals surface area contributed by atoms with E-state index < -0.39 is 11.9 Å². The maximum Gasteiger partial charge on any atom is 0.183 e. The van der Waals surface area contributed by atoms with Crippen molar-refractivity contribution in [3.05, 3.63) is 12.7 Å². The Hall–Kier alpha value is -0.630. The van der Waals surface area contributed by atoms with E-state index in [9.17, 15) is 4.79 Å². The molecule has 0 saturated heterocycles. The van der Waals surface area contributed by atoms with Crippen molar-refractivity contribution in [3.8, 4) is 0 Å². The maximum atomic E-state index is 10.1. The van der Waals surface area contributed by atoms with Crippen LogP contribution in [0.5, 0.6) is 0 Å². The minimum absolute atomic E-state index is 0.444. The van der Waals surface area contributed by atoms with E-state index in [0.29, 0.717) is 0 Å². The summed E-state index contributed by atoms with van der Waals surface area (Å²) in [6.45, 7) is 6.11. The Morgan fingerprint density at radius 3 is 2.43 bits per heavy atom. The lowest BCUT2D eigenvalue weighted by atomic mass is 10.3. The first-order valence-electron chi connectivity index (χ1n) is 1.95. The molecule has 1 N–H and O–H groups in total. The van der Waals surface area contributed by atoms with Crippen molar-refractivity contribution in [1.29, 1.82) is 0 Å². The fourth-order valence-electron chi connectivity index (χ4n) is 0.139. The first-order valence-corrected chi connectivity index (χ1v) is 1.95. The normalized spacial score (nSPS) is 12.9. The lowest BCUT2D eigenvalue weighted by Crippen LogP contribution is -2.11.